The Labute approximate surface area is 114 Å². The summed E-state index contributed by atoms with van der Waals surface area (Å²) in [6, 6.07) is 2.37. The summed E-state index contributed by atoms with van der Waals surface area (Å²) in [6.45, 7) is 8.66. The molecule has 2 aromatic rings. The van der Waals surface area contributed by atoms with Crippen molar-refractivity contribution in [2.45, 2.75) is 52.0 Å². The number of hydrogen-bond acceptors (Lipinski definition) is 3. The van der Waals surface area contributed by atoms with Crippen LogP contribution < -0.4 is 0 Å². The molecule has 0 radical (unpaired) electrons. The molecule has 5 nitrogen and oxygen atoms in total. The monoisotopic (exact) mass is 261 g/mol. The molecule has 5 heteroatoms. The van der Waals surface area contributed by atoms with E-state index in [-0.39, 0.29) is 6.04 Å². The van der Waals surface area contributed by atoms with Gasteiger partial charge in [-0.15, -0.1) is 0 Å². The Hall–Kier alpha value is -1.65. The standard InChI is InChI=1S/C14H23N5/c1-10(2)13-9-16-19(17-13)12(4)8-11(3)14-6-7-15-18(14)5/h6-7,9-12H,8H2,1-5H3. The van der Waals surface area contributed by atoms with Crippen molar-refractivity contribution in [3.63, 3.8) is 0 Å². The zero-order chi connectivity index (χ0) is 14.0. The molecule has 0 aliphatic carbocycles. The minimum absolute atomic E-state index is 0.289. The molecule has 2 atom stereocenters. The molecular formula is C14H23N5. The second-order valence-corrected chi connectivity index (χ2v) is 5.61. The summed E-state index contributed by atoms with van der Waals surface area (Å²) in [4.78, 5) is 1.84. The van der Waals surface area contributed by atoms with Gasteiger partial charge in [0.2, 0.25) is 0 Å². The van der Waals surface area contributed by atoms with E-state index in [1.54, 1.807) is 0 Å². The summed E-state index contributed by atoms with van der Waals surface area (Å²) < 4.78 is 1.94. The summed E-state index contributed by atoms with van der Waals surface area (Å²) in [5.74, 6) is 0.867. The van der Waals surface area contributed by atoms with Crippen LogP contribution in [0, 0.1) is 0 Å². The van der Waals surface area contributed by atoms with Crippen molar-refractivity contribution in [2.75, 3.05) is 0 Å². The van der Waals surface area contributed by atoms with Gasteiger partial charge in [0.15, 0.2) is 0 Å². The Kier molecular flexibility index (Phi) is 4.02. The summed E-state index contributed by atoms with van der Waals surface area (Å²) >= 11 is 0. The van der Waals surface area contributed by atoms with Gasteiger partial charge in [-0.25, -0.2) is 0 Å². The van der Waals surface area contributed by atoms with Gasteiger partial charge in [0.1, 0.15) is 0 Å². The normalized spacial score (nSPS) is 14.8. The van der Waals surface area contributed by atoms with E-state index in [4.69, 9.17) is 0 Å². The first-order valence-electron chi connectivity index (χ1n) is 6.88. The van der Waals surface area contributed by atoms with Crippen LogP contribution in [0.2, 0.25) is 0 Å². The fourth-order valence-electron chi connectivity index (χ4n) is 2.36. The number of nitrogens with zero attached hydrogens (tertiary/aromatic N) is 5. The summed E-state index contributed by atoms with van der Waals surface area (Å²) in [6.07, 6.45) is 4.72. The average Bonchev–Trinajstić information content (AvgIpc) is 2.96. The van der Waals surface area contributed by atoms with Crippen molar-refractivity contribution in [3.8, 4) is 0 Å². The third-order valence-corrected chi connectivity index (χ3v) is 3.57. The van der Waals surface area contributed by atoms with E-state index < -0.39 is 0 Å². The van der Waals surface area contributed by atoms with E-state index in [1.807, 2.05) is 28.9 Å². The molecule has 0 aliphatic rings. The molecule has 0 N–H and O–H groups in total. The highest BCUT2D eigenvalue weighted by atomic mass is 15.5. The molecule has 0 saturated carbocycles. The molecule has 0 aliphatic heterocycles. The lowest BCUT2D eigenvalue weighted by Gasteiger charge is -2.17. The quantitative estimate of drug-likeness (QED) is 0.831. The zero-order valence-corrected chi connectivity index (χ0v) is 12.4. The Morgan fingerprint density at radius 2 is 1.89 bits per heavy atom. The first-order valence-corrected chi connectivity index (χ1v) is 6.88. The van der Waals surface area contributed by atoms with E-state index in [2.05, 4.69) is 49.1 Å². The van der Waals surface area contributed by atoms with Crippen LogP contribution in [-0.2, 0) is 7.05 Å². The Bertz CT molecular complexity index is 525. The predicted octanol–water partition coefficient (Wildman–Crippen LogP) is 2.89. The Morgan fingerprint density at radius 3 is 2.42 bits per heavy atom. The molecule has 2 rings (SSSR count). The second-order valence-electron chi connectivity index (χ2n) is 5.61. The third kappa shape index (κ3) is 3.03. The van der Waals surface area contributed by atoms with Crippen molar-refractivity contribution in [2.24, 2.45) is 7.05 Å². The SMILES string of the molecule is CC(C)c1cnn(C(C)CC(C)c2ccnn2C)n1. The average molecular weight is 261 g/mol. The summed E-state index contributed by atoms with van der Waals surface area (Å²) in [7, 11) is 1.99. The van der Waals surface area contributed by atoms with Gasteiger partial charge >= 0.3 is 0 Å². The Balaban J connectivity index is 2.04. The summed E-state index contributed by atoms with van der Waals surface area (Å²) in [5.41, 5.74) is 2.31. The smallest absolute Gasteiger partial charge is 0.0852 e. The highest BCUT2D eigenvalue weighted by molar-refractivity contribution is 5.06. The predicted molar refractivity (Wildman–Crippen MR) is 75.1 cm³/mol. The van der Waals surface area contributed by atoms with Crippen molar-refractivity contribution in [3.05, 3.63) is 29.8 Å². The van der Waals surface area contributed by atoms with Crippen molar-refractivity contribution >= 4 is 0 Å². The van der Waals surface area contributed by atoms with Crippen LogP contribution in [0.15, 0.2) is 18.5 Å². The van der Waals surface area contributed by atoms with Gasteiger partial charge in [-0.05, 0) is 25.3 Å². The van der Waals surface area contributed by atoms with Crippen LogP contribution in [-0.4, -0.2) is 24.8 Å². The zero-order valence-electron chi connectivity index (χ0n) is 12.4. The Morgan fingerprint density at radius 1 is 1.16 bits per heavy atom. The fourth-order valence-corrected chi connectivity index (χ4v) is 2.36. The maximum Gasteiger partial charge on any atom is 0.0852 e. The molecule has 2 unspecified atom stereocenters. The van der Waals surface area contributed by atoms with Gasteiger partial charge in [0.25, 0.3) is 0 Å². The van der Waals surface area contributed by atoms with Gasteiger partial charge < -0.3 is 0 Å². The van der Waals surface area contributed by atoms with E-state index in [0.29, 0.717) is 11.8 Å². The van der Waals surface area contributed by atoms with Crippen LogP contribution in [0.4, 0.5) is 0 Å². The third-order valence-electron chi connectivity index (χ3n) is 3.57. The van der Waals surface area contributed by atoms with Crippen LogP contribution in [0.5, 0.6) is 0 Å². The van der Waals surface area contributed by atoms with Gasteiger partial charge in [-0.3, -0.25) is 4.68 Å². The van der Waals surface area contributed by atoms with Gasteiger partial charge in [-0.1, -0.05) is 20.8 Å². The first-order chi connectivity index (χ1) is 8.99. The highest BCUT2D eigenvalue weighted by Crippen LogP contribution is 2.24. The molecule has 2 heterocycles. The lowest BCUT2D eigenvalue weighted by Crippen LogP contribution is -2.13. The van der Waals surface area contributed by atoms with Crippen molar-refractivity contribution < 1.29 is 0 Å². The molecule has 104 valence electrons. The molecule has 0 saturated heterocycles. The molecule has 0 fully saturated rings. The minimum Gasteiger partial charge on any atom is -0.272 e. The molecular weight excluding hydrogens is 238 g/mol. The molecule has 2 aromatic heterocycles. The van der Waals surface area contributed by atoms with Crippen molar-refractivity contribution in [1.29, 1.82) is 0 Å². The lowest BCUT2D eigenvalue weighted by atomic mass is 10.00. The summed E-state index contributed by atoms with van der Waals surface area (Å²) in [5, 5.41) is 13.2. The number of aryl methyl sites for hydroxylation is 1. The van der Waals surface area contributed by atoms with E-state index >= 15 is 0 Å². The highest BCUT2D eigenvalue weighted by Gasteiger charge is 2.16. The number of rotatable bonds is 5. The largest absolute Gasteiger partial charge is 0.272 e. The van der Waals surface area contributed by atoms with Gasteiger partial charge in [-0.2, -0.15) is 20.1 Å². The molecule has 0 amide bonds. The van der Waals surface area contributed by atoms with Gasteiger partial charge in [0.05, 0.1) is 17.9 Å². The van der Waals surface area contributed by atoms with Gasteiger partial charge in [0, 0.05) is 24.9 Å². The van der Waals surface area contributed by atoms with Crippen LogP contribution in [0.25, 0.3) is 0 Å². The molecule has 0 aromatic carbocycles. The van der Waals surface area contributed by atoms with Crippen LogP contribution in [0.3, 0.4) is 0 Å². The van der Waals surface area contributed by atoms with E-state index in [1.165, 1.54) is 5.69 Å². The van der Waals surface area contributed by atoms with E-state index in [0.717, 1.165) is 12.1 Å². The number of hydrogen-bond donors (Lipinski definition) is 0. The molecule has 0 bridgehead atoms. The number of aromatic nitrogens is 5. The maximum absolute atomic E-state index is 4.55. The second kappa shape index (κ2) is 5.55. The maximum atomic E-state index is 4.55. The minimum atomic E-state index is 0.289. The first kappa shape index (κ1) is 13.8. The fraction of sp³-hybridized carbons (Fsp3) is 0.643. The van der Waals surface area contributed by atoms with Crippen LogP contribution in [0.1, 0.15) is 63.4 Å². The topological polar surface area (TPSA) is 48.5 Å². The van der Waals surface area contributed by atoms with Crippen molar-refractivity contribution in [1.82, 2.24) is 24.8 Å². The van der Waals surface area contributed by atoms with Crippen LogP contribution >= 0.6 is 0 Å². The molecule has 19 heavy (non-hydrogen) atoms. The van der Waals surface area contributed by atoms with E-state index in [9.17, 15) is 0 Å². The lowest BCUT2D eigenvalue weighted by molar-refractivity contribution is 0.378. The molecule has 0 spiro atoms.